The molecule has 13 nitrogen and oxygen atoms in total. The van der Waals surface area contributed by atoms with Gasteiger partial charge in [0.25, 0.3) is 11.1 Å². The molecule has 1 aliphatic rings. The van der Waals surface area contributed by atoms with Crippen molar-refractivity contribution in [3.8, 4) is 0 Å². The minimum Gasteiger partial charge on any atom is -0.399 e. The maximum atomic E-state index is 11.9. The molecular formula is C35H37N11O2. The summed E-state index contributed by atoms with van der Waals surface area (Å²) in [4.78, 5) is 33.7. The Labute approximate surface area is 276 Å². The fourth-order valence-electron chi connectivity index (χ4n) is 4.59. The van der Waals surface area contributed by atoms with E-state index in [9.17, 15) is 9.59 Å². The molecule has 2 heterocycles. The Morgan fingerprint density at radius 1 is 0.625 bits per heavy atom. The van der Waals surface area contributed by atoms with Gasteiger partial charge in [0.2, 0.25) is 0 Å². The van der Waals surface area contributed by atoms with Crippen molar-refractivity contribution in [1.29, 1.82) is 0 Å². The lowest BCUT2D eigenvalue weighted by atomic mass is 10.0. The molecule has 0 saturated heterocycles. The number of H-pyrrole nitrogens is 2. The van der Waals surface area contributed by atoms with Gasteiger partial charge in [0.05, 0.1) is 17.1 Å². The highest BCUT2D eigenvalue weighted by atomic mass is 16.1. The van der Waals surface area contributed by atoms with Crippen LogP contribution < -0.4 is 56.2 Å². The molecule has 13 heteroatoms. The van der Waals surface area contributed by atoms with Gasteiger partial charge in [0.1, 0.15) is 17.3 Å². The maximum Gasteiger partial charge on any atom is 0.272 e. The van der Waals surface area contributed by atoms with E-state index in [2.05, 4.69) is 25.6 Å². The summed E-state index contributed by atoms with van der Waals surface area (Å²) >= 11 is 0. The fourth-order valence-corrected chi connectivity index (χ4v) is 4.59. The number of hydrogen-bond donors (Lipinski definition) is 10. The highest BCUT2D eigenvalue weighted by Crippen LogP contribution is 2.27. The Bertz CT molecular complexity index is 2080. The molecule has 16 N–H and O–H groups in total. The van der Waals surface area contributed by atoms with Crippen LogP contribution in [0.15, 0.2) is 124 Å². The highest BCUT2D eigenvalue weighted by Gasteiger charge is 2.10. The smallest absolute Gasteiger partial charge is 0.272 e. The third-order valence-corrected chi connectivity index (χ3v) is 7.16. The number of nitrogens with one attached hydrogen (secondary N) is 4. The average Bonchev–Trinajstić information content (AvgIpc) is 3.06. The molecular weight excluding hydrogens is 606 g/mol. The number of benzene rings is 3. The van der Waals surface area contributed by atoms with E-state index in [1.54, 1.807) is 42.5 Å². The lowest BCUT2D eigenvalue weighted by Crippen LogP contribution is -2.16. The molecule has 0 amide bonds. The summed E-state index contributed by atoms with van der Waals surface area (Å²) in [6.45, 7) is 0. The van der Waals surface area contributed by atoms with Gasteiger partial charge in [-0.2, -0.15) is 0 Å². The number of rotatable bonds is 7. The number of hydrogen-bond acceptors (Lipinski definition) is 11. The van der Waals surface area contributed by atoms with Gasteiger partial charge in [0, 0.05) is 40.9 Å². The Morgan fingerprint density at radius 2 is 1.08 bits per heavy atom. The molecule has 0 aliphatic heterocycles. The Morgan fingerprint density at radius 3 is 1.62 bits per heavy atom. The monoisotopic (exact) mass is 643 g/mol. The molecule has 1 aliphatic carbocycles. The minimum atomic E-state index is -0.381. The van der Waals surface area contributed by atoms with Gasteiger partial charge < -0.3 is 55.0 Å². The number of nitrogen functional groups attached to an aromatic ring is 5. The number of nitrogens with two attached hydrogens (primary N) is 6. The predicted molar refractivity (Wildman–Crippen MR) is 198 cm³/mol. The molecule has 0 spiro atoms. The third-order valence-electron chi connectivity index (χ3n) is 7.16. The van der Waals surface area contributed by atoms with Crippen LogP contribution in [0.25, 0.3) is 0 Å². The van der Waals surface area contributed by atoms with Gasteiger partial charge >= 0.3 is 0 Å². The highest BCUT2D eigenvalue weighted by molar-refractivity contribution is 6.07. The van der Waals surface area contributed by atoms with Gasteiger partial charge in [-0.1, -0.05) is 24.3 Å². The summed E-state index contributed by atoms with van der Waals surface area (Å²) in [7, 11) is 0. The van der Waals surface area contributed by atoms with Crippen LogP contribution in [0.5, 0.6) is 0 Å². The van der Waals surface area contributed by atoms with Crippen LogP contribution in [0.3, 0.4) is 0 Å². The van der Waals surface area contributed by atoms with Crippen LogP contribution in [0.1, 0.15) is 11.1 Å². The van der Waals surface area contributed by atoms with Crippen molar-refractivity contribution in [1.82, 2.24) is 9.97 Å². The summed E-state index contributed by atoms with van der Waals surface area (Å²) in [6, 6.07) is 25.1. The van der Waals surface area contributed by atoms with Crippen molar-refractivity contribution in [2.75, 3.05) is 39.3 Å². The van der Waals surface area contributed by atoms with Crippen molar-refractivity contribution in [2.45, 2.75) is 12.5 Å². The summed E-state index contributed by atoms with van der Waals surface area (Å²) in [5.74, 6) is 1.05. The van der Waals surface area contributed by atoms with Gasteiger partial charge in [-0.15, -0.1) is 0 Å². The number of aromatic nitrogens is 2. The molecule has 0 fully saturated rings. The van der Waals surface area contributed by atoms with E-state index in [1.807, 2.05) is 60.7 Å². The zero-order valence-corrected chi connectivity index (χ0v) is 25.9. The van der Waals surface area contributed by atoms with Crippen LogP contribution in [-0.2, 0) is 6.42 Å². The predicted octanol–water partition coefficient (Wildman–Crippen LogP) is 4.26. The number of nitrogens with zero attached hydrogens (tertiary/aromatic N) is 1. The first kappa shape index (κ1) is 32.7. The summed E-state index contributed by atoms with van der Waals surface area (Å²) in [5.41, 5.74) is 40.7. The van der Waals surface area contributed by atoms with E-state index in [0.717, 1.165) is 22.5 Å². The quantitative estimate of drug-likeness (QED) is 0.113. The molecule has 0 atom stereocenters. The van der Waals surface area contributed by atoms with E-state index in [4.69, 9.17) is 34.4 Å². The normalized spacial score (nSPS) is 13.4. The van der Waals surface area contributed by atoms with Crippen LogP contribution in [-0.4, -0.2) is 21.7 Å². The molecule has 0 radical (unpaired) electrons. The molecule has 3 aromatic carbocycles. The lowest BCUT2D eigenvalue weighted by Gasteiger charge is -2.13. The van der Waals surface area contributed by atoms with Gasteiger partial charge in [-0.3, -0.25) is 9.59 Å². The van der Waals surface area contributed by atoms with Crippen LogP contribution >= 0.6 is 0 Å². The topological polar surface area (TPSA) is 258 Å². The van der Waals surface area contributed by atoms with E-state index in [0.29, 0.717) is 46.5 Å². The summed E-state index contributed by atoms with van der Waals surface area (Å²) < 4.78 is 0. The van der Waals surface area contributed by atoms with Gasteiger partial charge in [0.15, 0.2) is 0 Å². The second-order valence-corrected chi connectivity index (χ2v) is 11.0. The number of pyridine rings is 2. The largest absolute Gasteiger partial charge is 0.399 e. The Balaban J connectivity index is 0.000000188. The third kappa shape index (κ3) is 8.71. The molecule has 5 aromatic rings. The first-order valence-electron chi connectivity index (χ1n) is 14.9. The van der Waals surface area contributed by atoms with Crippen molar-refractivity contribution >= 4 is 62.8 Å². The van der Waals surface area contributed by atoms with Gasteiger partial charge in [-0.05, 0) is 96.1 Å². The number of allylic oxidation sites excluding steroid dienone is 2. The molecule has 0 saturated carbocycles. The lowest BCUT2D eigenvalue weighted by molar-refractivity contribution is 1.03. The Kier molecular flexibility index (Phi) is 9.92. The van der Waals surface area contributed by atoms with Crippen LogP contribution in [0.4, 0.5) is 57.1 Å². The SMILES string of the molecule is Nc1ccc(Cc2cc(N)c(=O)[nH]c2Nc2ccc(N)cc2)cc1.Nc1ccc(Nc2[nH]c(=O)c(N)cc2N=C2C=CC(N)C=C2)cc1. The second-order valence-electron chi connectivity index (χ2n) is 11.0. The zero-order valence-electron chi connectivity index (χ0n) is 25.9. The van der Waals surface area contributed by atoms with Crippen LogP contribution in [0.2, 0.25) is 0 Å². The van der Waals surface area contributed by atoms with E-state index in [1.165, 1.54) is 6.07 Å². The second kappa shape index (κ2) is 14.6. The number of anilines is 9. The molecule has 0 unspecified atom stereocenters. The zero-order chi connectivity index (χ0) is 34.2. The fraction of sp³-hybridized carbons (Fsp3) is 0.0571. The van der Waals surface area contributed by atoms with Crippen molar-refractivity contribution < 1.29 is 0 Å². The van der Waals surface area contributed by atoms with Gasteiger partial charge in [-0.25, -0.2) is 4.99 Å². The molecule has 244 valence electrons. The average molecular weight is 644 g/mol. The molecule has 48 heavy (non-hydrogen) atoms. The summed E-state index contributed by atoms with van der Waals surface area (Å²) in [6.07, 6.45) is 7.92. The van der Waals surface area contributed by atoms with Crippen molar-refractivity contribution in [3.05, 3.63) is 141 Å². The van der Waals surface area contributed by atoms with Crippen molar-refractivity contribution in [2.24, 2.45) is 10.7 Å². The first-order chi connectivity index (χ1) is 23.0. The van der Waals surface area contributed by atoms with Crippen molar-refractivity contribution in [3.63, 3.8) is 0 Å². The Hall–Kier alpha value is -6.73. The van der Waals surface area contributed by atoms with E-state index < -0.39 is 0 Å². The number of aromatic amines is 2. The maximum absolute atomic E-state index is 11.9. The first-order valence-corrected chi connectivity index (χ1v) is 14.9. The molecule has 0 bridgehead atoms. The minimum absolute atomic E-state index is 0.0951. The molecule has 2 aromatic heterocycles. The van der Waals surface area contributed by atoms with E-state index >= 15 is 0 Å². The van der Waals surface area contributed by atoms with Crippen LogP contribution in [0, 0.1) is 0 Å². The summed E-state index contributed by atoms with van der Waals surface area (Å²) in [5, 5.41) is 6.33. The molecule has 6 rings (SSSR count). The number of aliphatic imine (C=N–C) groups is 1. The van der Waals surface area contributed by atoms with E-state index in [-0.39, 0.29) is 28.5 Å². The standard InChI is InChI=1S/C18H19N5O.C17H18N6O/c19-13-3-1-11(2-4-13)9-12-10-16(21)18(24)23-17(12)22-15-7-5-14(20)6-8-15;18-10-1-5-12(6-2-10)21-15-9-14(20)17(24)23-16(15)22-13-7-3-11(19)4-8-13/h1-8,10H,9,19-21H2,(H2,22,23,24);1-10H,18-20H2,(H2,22,23,24).